The van der Waals surface area contributed by atoms with Crippen LogP contribution in [0, 0.1) is 5.82 Å². The molecule has 2 heterocycles. The maximum absolute atomic E-state index is 14.4. The number of aliphatic carboxylic acids is 4. The number of halogens is 2. The fourth-order valence-corrected chi connectivity index (χ4v) is 4.25. The van der Waals surface area contributed by atoms with Crippen LogP contribution < -0.4 is 20.1 Å². The molecule has 0 aliphatic carbocycles. The third-order valence-electron chi connectivity index (χ3n) is 6.34. The summed E-state index contributed by atoms with van der Waals surface area (Å²) in [7, 11) is 3.21. The van der Waals surface area contributed by atoms with Gasteiger partial charge in [-0.2, -0.15) is 0 Å². The number of piperidine rings is 1. The summed E-state index contributed by atoms with van der Waals surface area (Å²) in [6, 6.07) is 8.30. The lowest BCUT2D eigenvalue weighted by molar-refractivity contribution is -0.134. The summed E-state index contributed by atoms with van der Waals surface area (Å²) in [5, 5.41) is 37.6. The number of hydrogen-bond donors (Lipinski definition) is 6. The number of likely N-dealkylation sites (N-methyl/N-ethyl adjacent to an activating group) is 1. The van der Waals surface area contributed by atoms with Crippen LogP contribution in [0.25, 0.3) is 10.9 Å². The van der Waals surface area contributed by atoms with Crippen molar-refractivity contribution in [1.82, 2.24) is 20.2 Å². The molecule has 2 aromatic carbocycles. The maximum Gasteiger partial charge on any atom is 0.328 e. The molecule has 262 valence electrons. The molecular weight excluding hydrogens is 673 g/mol. The molecule has 1 aliphatic rings. The quantitative estimate of drug-likeness (QED) is 0.157. The number of carbonyl (C=O) groups excluding carboxylic acids is 1. The Balaban J connectivity index is 0.000000432. The van der Waals surface area contributed by atoms with Crippen LogP contribution in [0.5, 0.6) is 11.5 Å². The number of anilines is 2. The average Bonchev–Trinajstić information content (AvgIpc) is 3.06. The molecule has 1 aromatic heterocycles. The first-order chi connectivity index (χ1) is 23.2. The summed E-state index contributed by atoms with van der Waals surface area (Å²) in [6.45, 7) is 1.91. The van der Waals surface area contributed by atoms with Crippen LogP contribution in [-0.2, 0) is 24.0 Å². The van der Waals surface area contributed by atoms with E-state index in [1.165, 1.54) is 12.4 Å². The van der Waals surface area contributed by atoms with E-state index >= 15 is 0 Å². The SMILES string of the molecule is CNC(=O)CN1CCC(Oc2cc3c(Nc4cccc(Cl)c4F)ncnc3cc2OC)CC1.O=C(O)/C=C\C(=O)O.O=C(O)/C=C\C(=O)O. The first kappa shape index (κ1) is 39.4. The van der Waals surface area contributed by atoms with E-state index in [2.05, 4.69) is 25.5 Å². The largest absolute Gasteiger partial charge is 0.493 e. The highest BCUT2D eigenvalue weighted by molar-refractivity contribution is 6.31. The molecule has 1 saturated heterocycles. The van der Waals surface area contributed by atoms with Gasteiger partial charge in [-0.1, -0.05) is 17.7 Å². The minimum absolute atomic E-state index is 0.00161. The zero-order valence-electron chi connectivity index (χ0n) is 26.1. The van der Waals surface area contributed by atoms with E-state index in [1.807, 2.05) is 0 Å². The number of carboxylic acids is 4. The van der Waals surface area contributed by atoms with Gasteiger partial charge < -0.3 is 40.5 Å². The van der Waals surface area contributed by atoms with Crippen molar-refractivity contribution in [2.45, 2.75) is 18.9 Å². The van der Waals surface area contributed by atoms with Gasteiger partial charge in [0.15, 0.2) is 17.3 Å². The number of carbonyl (C=O) groups is 5. The van der Waals surface area contributed by atoms with Crippen molar-refractivity contribution in [3.63, 3.8) is 0 Å². The summed E-state index contributed by atoms with van der Waals surface area (Å²) in [5.74, 6) is -4.05. The van der Waals surface area contributed by atoms with Crippen LogP contribution in [0.3, 0.4) is 0 Å². The van der Waals surface area contributed by atoms with Gasteiger partial charge in [-0.05, 0) is 31.0 Å². The lowest BCUT2D eigenvalue weighted by Gasteiger charge is -2.31. The van der Waals surface area contributed by atoms with Crippen molar-refractivity contribution < 1.29 is 58.3 Å². The molecule has 1 amide bonds. The third kappa shape index (κ3) is 13.8. The number of aromatic nitrogens is 2. The molecule has 0 radical (unpaired) electrons. The normalized spacial score (nSPS) is 13.1. The van der Waals surface area contributed by atoms with Crippen LogP contribution in [0.2, 0.25) is 5.02 Å². The number of nitrogens with one attached hydrogen (secondary N) is 2. The number of rotatable bonds is 11. The number of amides is 1. The smallest absolute Gasteiger partial charge is 0.328 e. The second-order valence-electron chi connectivity index (χ2n) is 9.76. The molecule has 6 N–H and O–H groups in total. The van der Waals surface area contributed by atoms with Crippen molar-refractivity contribution in [1.29, 1.82) is 0 Å². The Morgan fingerprint density at radius 1 is 0.939 bits per heavy atom. The van der Waals surface area contributed by atoms with Crippen molar-refractivity contribution in [3.05, 3.63) is 71.8 Å². The van der Waals surface area contributed by atoms with Gasteiger partial charge in [-0.3, -0.25) is 9.69 Å². The van der Waals surface area contributed by atoms with Crippen LogP contribution in [0.1, 0.15) is 12.8 Å². The third-order valence-corrected chi connectivity index (χ3v) is 6.63. The van der Waals surface area contributed by atoms with Gasteiger partial charge in [0.2, 0.25) is 5.91 Å². The molecule has 49 heavy (non-hydrogen) atoms. The minimum Gasteiger partial charge on any atom is -0.493 e. The van der Waals surface area contributed by atoms with Gasteiger partial charge >= 0.3 is 23.9 Å². The zero-order chi connectivity index (χ0) is 36.5. The molecule has 0 spiro atoms. The van der Waals surface area contributed by atoms with Gasteiger partial charge in [0.1, 0.15) is 18.2 Å². The number of nitrogens with zero attached hydrogens (tertiary/aromatic N) is 3. The fourth-order valence-electron chi connectivity index (χ4n) is 4.08. The Bertz CT molecular complexity index is 1650. The minimum atomic E-state index is -1.26. The second kappa shape index (κ2) is 19.8. The average molecular weight is 706 g/mol. The molecule has 16 nitrogen and oxygen atoms in total. The topological polar surface area (TPSA) is 238 Å². The van der Waals surface area contributed by atoms with Crippen LogP contribution in [0.15, 0.2) is 61.0 Å². The molecule has 0 unspecified atom stereocenters. The molecule has 1 fully saturated rings. The fraction of sp³-hybridized carbons (Fsp3) is 0.258. The lowest BCUT2D eigenvalue weighted by atomic mass is 10.1. The Kier molecular flexibility index (Phi) is 15.9. The van der Waals surface area contributed by atoms with Gasteiger partial charge in [-0.25, -0.2) is 33.5 Å². The van der Waals surface area contributed by atoms with Crippen LogP contribution in [0.4, 0.5) is 15.9 Å². The Labute approximate surface area is 283 Å². The Morgan fingerprint density at radius 2 is 1.51 bits per heavy atom. The molecule has 18 heteroatoms. The number of fused-ring (bicyclic) bond motifs is 1. The number of ether oxygens (including phenoxy) is 2. The van der Waals surface area contributed by atoms with Crippen molar-refractivity contribution >= 4 is 63.8 Å². The molecular formula is C31H33ClFN5O11. The monoisotopic (exact) mass is 705 g/mol. The number of likely N-dealkylation sites (tertiary alicyclic amines) is 1. The van der Waals surface area contributed by atoms with E-state index in [9.17, 15) is 28.4 Å². The van der Waals surface area contributed by atoms with Crippen molar-refractivity contribution in [3.8, 4) is 11.5 Å². The van der Waals surface area contributed by atoms with Crippen molar-refractivity contribution in [2.75, 3.05) is 39.1 Å². The summed E-state index contributed by atoms with van der Waals surface area (Å²) in [4.78, 5) is 60.5. The first-order valence-corrected chi connectivity index (χ1v) is 14.5. The van der Waals surface area contributed by atoms with E-state index in [0.29, 0.717) is 59.1 Å². The summed E-state index contributed by atoms with van der Waals surface area (Å²) < 4.78 is 26.2. The maximum atomic E-state index is 14.4. The second-order valence-corrected chi connectivity index (χ2v) is 10.2. The van der Waals surface area contributed by atoms with Gasteiger partial charge in [0, 0.05) is 55.9 Å². The number of benzene rings is 2. The summed E-state index contributed by atoms with van der Waals surface area (Å²) >= 11 is 5.91. The van der Waals surface area contributed by atoms with Crippen molar-refractivity contribution in [2.24, 2.45) is 0 Å². The van der Waals surface area contributed by atoms with Crippen LogP contribution >= 0.6 is 11.6 Å². The molecule has 0 atom stereocenters. The van der Waals surface area contributed by atoms with E-state index in [0.717, 1.165) is 25.9 Å². The molecule has 4 rings (SSSR count). The van der Waals surface area contributed by atoms with Gasteiger partial charge in [-0.15, -0.1) is 0 Å². The standard InChI is InChI=1S/C23H25ClFN5O3.2C4H4O4/c1-26-21(31)12-30-8-6-14(7-9-30)33-20-10-15-18(11-19(20)32-2)27-13-28-23(15)29-17-5-3-4-16(24)22(17)25;2*5-3(6)1-2-4(7)8/h3-5,10-11,13-14H,6-9,12H2,1-2H3,(H,26,31)(H,27,28,29);2*1-2H,(H,5,6)(H,7,8)/b;2*2-1-. The van der Waals surface area contributed by atoms with Crippen LogP contribution in [-0.4, -0.2) is 105 Å². The van der Waals surface area contributed by atoms with E-state index in [4.69, 9.17) is 41.5 Å². The molecule has 1 aliphatic heterocycles. The van der Waals surface area contributed by atoms with Gasteiger partial charge in [0.25, 0.3) is 0 Å². The van der Waals surface area contributed by atoms with E-state index in [-0.39, 0.29) is 22.7 Å². The van der Waals surface area contributed by atoms with Gasteiger partial charge in [0.05, 0.1) is 29.9 Å². The first-order valence-electron chi connectivity index (χ1n) is 14.1. The summed E-state index contributed by atoms with van der Waals surface area (Å²) in [6.07, 6.45) is 5.17. The zero-order valence-corrected chi connectivity index (χ0v) is 26.9. The summed E-state index contributed by atoms with van der Waals surface area (Å²) in [5.41, 5.74) is 0.837. The lowest BCUT2D eigenvalue weighted by Crippen LogP contribution is -2.43. The molecule has 3 aromatic rings. The number of hydrogen-bond acceptors (Lipinski definition) is 11. The van der Waals surface area contributed by atoms with E-state index in [1.54, 1.807) is 38.4 Å². The molecule has 0 saturated carbocycles. The number of carboxylic acid groups (broad SMARTS) is 4. The number of methoxy groups -OCH3 is 1. The highest BCUT2D eigenvalue weighted by atomic mass is 35.5. The predicted molar refractivity (Wildman–Crippen MR) is 174 cm³/mol. The highest BCUT2D eigenvalue weighted by Crippen LogP contribution is 2.36. The predicted octanol–water partition coefficient (Wildman–Crippen LogP) is 3.19. The highest BCUT2D eigenvalue weighted by Gasteiger charge is 2.23. The Hall–Kier alpha value is -5.81. The molecule has 0 bridgehead atoms. The Morgan fingerprint density at radius 3 is 2.02 bits per heavy atom. The van der Waals surface area contributed by atoms with E-state index < -0.39 is 29.7 Å².